The molecular weight excluding hydrogens is 818 g/mol. The van der Waals surface area contributed by atoms with Crippen molar-refractivity contribution in [2.45, 2.75) is 24.4 Å². The number of pyridine rings is 1. The van der Waals surface area contributed by atoms with E-state index in [2.05, 4.69) is 10.4 Å². The second kappa shape index (κ2) is 14.5. The molecule has 1 saturated carbocycles. The number of imide groups is 2. The van der Waals surface area contributed by atoms with Crippen LogP contribution in [0.25, 0.3) is 6.08 Å². The van der Waals surface area contributed by atoms with Gasteiger partial charge in [-0.2, -0.15) is 18.2 Å². The van der Waals surface area contributed by atoms with Gasteiger partial charge in [0.25, 0.3) is 17.5 Å². The number of ether oxygens (including phenoxy) is 1. The van der Waals surface area contributed by atoms with Crippen molar-refractivity contribution >= 4 is 70.1 Å². The van der Waals surface area contributed by atoms with Crippen LogP contribution in [-0.2, 0) is 30.8 Å². The third kappa shape index (κ3) is 6.37. The second-order valence-corrected chi connectivity index (χ2v) is 15.4. The Bertz CT molecular complexity index is 2530. The van der Waals surface area contributed by atoms with E-state index in [1.165, 1.54) is 31.4 Å². The number of rotatable bonds is 8. The Balaban J connectivity index is 1.29. The molecule has 18 heteroatoms. The third-order valence-electron chi connectivity index (χ3n) is 11.6. The molecule has 2 aliphatic heterocycles. The Morgan fingerprint density at radius 1 is 1.00 bits per heavy atom. The summed E-state index contributed by atoms with van der Waals surface area (Å²) >= 11 is 12.6. The summed E-state index contributed by atoms with van der Waals surface area (Å²) in [5, 5.41) is 22.4. The molecule has 8 rings (SSSR count). The molecule has 3 aromatic carbocycles. The third-order valence-corrected chi connectivity index (χ3v) is 12.1. The van der Waals surface area contributed by atoms with Crippen LogP contribution in [-0.4, -0.2) is 50.8 Å². The van der Waals surface area contributed by atoms with Gasteiger partial charge in [0.05, 0.1) is 51.5 Å². The number of anilines is 2. The standard InChI is InChI=1S/C41H30Cl2F3N5O8/c1-59-33-15-20(6-14-32(33)52)5-13-29-26-11-12-27-34(38(55)49(36(27)53)24-3-2-4-25(17-24)51(57)58)28(26)18-30-37(54)50(39(56)40(29,30)21-7-9-23(42)10-8-21)48-35-31(43)16-22(19-47-35)41(44,45)46/h2-11,13-17,19,27-30,34,52H,12,18H2,1H3,(H,47,48). The van der Waals surface area contributed by atoms with Crippen molar-refractivity contribution in [2.75, 3.05) is 17.4 Å². The van der Waals surface area contributed by atoms with Crippen molar-refractivity contribution in [2.24, 2.45) is 29.6 Å². The van der Waals surface area contributed by atoms with Gasteiger partial charge in [0.15, 0.2) is 17.3 Å². The zero-order valence-corrected chi connectivity index (χ0v) is 32.0. The summed E-state index contributed by atoms with van der Waals surface area (Å²) in [6.07, 6.45) is 0.796. The summed E-state index contributed by atoms with van der Waals surface area (Å²) < 4.78 is 45.8. The number of aromatic hydroxyl groups is 1. The van der Waals surface area contributed by atoms with Crippen LogP contribution in [0, 0.1) is 39.7 Å². The molecular formula is C41H30Cl2F3N5O8. The van der Waals surface area contributed by atoms with Crippen LogP contribution < -0.4 is 15.1 Å². The number of alkyl halides is 3. The number of aromatic nitrogens is 1. The van der Waals surface area contributed by atoms with Crippen LogP contribution in [0.5, 0.6) is 11.5 Å². The number of benzene rings is 3. The average molecular weight is 849 g/mol. The highest BCUT2D eigenvalue weighted by Crippen LogP contribution is 2.62. The summed E-state index contributed by atoms with van der Waals surface area (Å²) in [5.74, 6) is -8.22. The number of fused-ring (bicyclic) bond motifs is 4. The van der Waals surface area contributed by atoms with Gasteiger partial charge in [0.1, 0.15) is 0 Å². The molecule has 3 heterocycles. The Morgan fingerprint density at radius 3 is 2.42 bits per heavy atom. The molecule has 6 unspecified atom stereocenters. The monoisotopic (exact) mass is 847 g/mol. The van der Waals surface area contributed by atoms with Gasteiger partial charge in [-0.25, -0.2) is 9.88 Å². The number of hydrogen-bond donors (Lipinski definition) is 2. The molecule has 2 N–H and O–H groups in total. The molecule has 0 spiro atoms. The number of hydrogen-bond acceptors (Lipinski definition) is 10. The number of nitro groups is 1. The second-order valence-electron chi connectivity index (χ2n) is 14.5. The van der Waals surface area contributed by atoms with Crippen molar-refractivity contribution < 1.29 is 47.1 Å². The fraction of sp³-hybridized carbons (Fsp3) is 0.244. The highest BCUT2D eigenvalue weighted by molar-refractivity contribution is 6.33. The topological polar surface area (TPSA) is 172 Å². The maximum absolute atomic E-state index is 15.3. The van der Waals surface area contributed by atoms with E-state index >= 15 is 4.79 Å². The molecule has 4 aliphatic rings. The first kappa shape index (κ1) is 39.6. The van der Waals surface area contributed by atoms with Crippen LogP contribution in [0.3, 0.4) is 0 Å². The number of hydrazine groups is 1. The number of phenols is 1. The molecule has 1 aromatic heterocycles. The number of phenolic OH excluding ortho intramolecular Hbond substituents is 1. The minimum Gasteiger partial charge on any atom is -0.504 e. The predicted octanol–water partition coefficient (Wildman–Crippen LogP) is 7.76. The quantitative estimate of drug-likeness (QED) is 0.0773. The Morgan fingerprint density at radius 2 is 1.75 bits per heavy atom. The molecule has 2 saturated heterocycles. The van der Waals surface area contributed by atoms with Gasteiger partial charge in [-0.15, -0.1) is 0 Å². The molecule has 4 aromatic rings. The zero-order chi connectivity index (χ0) is 42.1. The summed E-state index contributed by atoms with van der Waals surface area (Å²) in [6, 6.07) is 16.6. The van der Waals surface area contributed by atoms with Crippen LogP contribution in [0.2, 0.25) is 10.0 Å². The normalized spacial score (nSPS) is 25.2. The van der Waals surface area contributed by atoms with Crippen molar-refractivity contribution in [1.29, 1.82) is 0 Å². The SMILES string of the molecule is COc1cc(C=CC2C3=CCC4C(=O)N(c5cccc([N+](=O)[O-])c5)C(=O)C4C3CC3C(=O)N(Nc4ncc(C(F)(F)F)cc4Cl)C(=O)C23c2ccc(Cl)cc2)ccc1O. The van der Waals surface area contributed by atoms with Gasteiger partial charge in [-0.1, -0.05) is 71.3 Å². The maximum Gasteiger partial charge on any atom is 0.417 e. The van der Waals surface area contributed by atoms with E-state index in [1.807, 2.05) is 0 Å². The number of nitro benzene ring substituents is 1. The Labute approximate surface area is 342 Å². The first-order chi connectivity index (χ1) is 28.1. The van der Waals surface area contributed by atoms with E-state index in [0.29, 0.717) is 39.0 Å². The minimum atomic E-state index is -4.78. The van der Waals surface area contributed by atoms with Crippen LogP contribution in [0.4, 0.5) is 30.4 Å². The lowest BCUT2D eigenvalue weighted by Gasteiger charge is -2.49. The van der Waals surface area contributed by atoms with E-state index in [1.54, 1.807) is 54.6 Å². The molecule has 0 bridgehead atoms. The number of amides is 4. The first-order valence-corrected chi connectivity index (χ1v) is 18.8. The fourth-order valence-electron chi connectivity index (χ4n) is 9.03. The highest BCUT2D eigenvalue weighted by Gasteiger charge is 2.69. The predicted molar refractivity (Wildman–Crippen MR) is 207 cm³/mol. The van der Waals surface area contributed by atoms with E-state index in [9.17, 15) is 42.8 Å². The van der Waals surface area contributed by atoms with Gasteiger partial charge in [0.2, 0.25) is 11.8 Å². The number of nitrogens with one attached hydrogen (secondary N) is 1. The molecule has 3 fully saturated rings. The van der Waals surface area contributed by atoms with Crippen molar-refractivity contribution in [3.63, 3.8) is 0 Å². The molecule has 59 heavy (non-hydrogen) atoms. The highest BCUT2D eigenvalue weighted by atomic mass is 35.5. The number of methoxy groups -OCH3 is 1. The summed E-state index contributed by atoms with van der Waals surface area (Å²) in [5.41, 5.74) is 0.771. The van der Waals surface area contributed by atoms with Gasteiger partial charge in [-0.05, 0) is 66.3 Å². The molecule has 302 valence electrons. The fourth-order valence-corrected chi connectivity index (χ4v) is 9.37. The number of nitrogens with zero attached hydrogens (tertiary/aromatic N) is 4. The zero-order valence-electron chi connectivity index (χ0n) is 30.5. The van der Waals surface area contributed by atoms with Gasteiger partial charge < -0.3 is 9.84 Å². The Kier molecular flexibility index (Phi) is 9.74. The number of halogens is 5. The van der Waals surface area contributed by atoms with E-state index in [-0.39, 0.29) is 35.7 Å². The number of carbonyl (C=O) groups excluding carboxylic acids is 4. The lowest BCUT2D eigenvalue weighted by Crippen LogP contribution is -2.54. The molecule has 13 nitrogen and oxygen atoms in total. The van der Waals surface area contributed by atoms with Gasteiger partial charge in [0, 0.05) is 29.3 Å². The number of allylic oxidation sites excluding steroid dienone is 3. The van der Waals surface area contributed by atoms with Crippen molar-refractivity contribution in [3.8, 4) is 11.5 Å². The molecule has 0 radical (unpaired) electrons. The van der Waals surface area contributed by atoms with E-state index in [4.69, 9.17) is 27.9 Å². The van der Waals surface area contributed by atoms with Crippen molar-refractivity contribution in [1.82, 2.24) is 9.99 Å². The van der Waals surface area contributed by atoms with Crippen molar-refractivity contribution in [3.05, 3.63) is 134 Å². The molecule has 6 atom stereocenters. The summed E-state index contributed by atoms with van der Waals surface area (Å²) in [6.45, 7) is 0. The van der Waals surface area contributed by atoms with Crippen LogP contribution in [0.1, 0.15) is 29.5 Å². The summed E-state index contributed by atoms with van der Waals surface area (Å²) in [7, 11) is 1.37. The maximum atomic E-state index is 15.3. The van der Waals surface area contributed by atoms with Crippen LogP contribution >= 0.6 is 23.2 Å². The van der Waals surface area contributed by atoms with Crippen LogP contribution in [0.15, 0.2) is 96.7 Å². The molecule has 2 aliphatic carbocycles. The largest absolute Gasteiger partial charge is 0.504 e. The Hall–Kier alpha value is -6.26. The first-order valence-electron chi connectivity index (χ1n) is 18.1. The number of carbonyl (C=O) groups is 4. The molecule has 4 amide bonds. The van der Waals surface area contributed by atoms with E-state index in [0.717, 1.165) is 11.0 Å². The van der Waals surface area contributed by atoms with E-state index < -0.39 is 86.1 Å². The summed E-state index contributed by atoms with van der Waals surface area (Å²) in [4.78, 5) is 74.3. The van der Waals surface area contributed by atoms with Gasteiger partial charge in [-0.3, -0.25) is 34.7 Å². The smallest absolute Gasteiger partial charge is 0.417 e. The lowest BCUT2D eigenvalue weighted by atomic mass is 9.50. The average Bonchev–Trinajstić information content (AvgIpc) is 3.59. The minimum absolute atomic E-state index is 0.0117. The van der Waals surface area contributed by atoms with Gasteiger partial charge >= 0.3 is 6.18 Å². The lowest BCUT2D eigenvalue weighted by molar-refractivity contribution is -0.384. The number of non-ortho nitro benzene ring substituents is 1.